The molecule has 0 spiro atoms. The average Bonchev–Trinajstić information content (AvgIpc) is 3.23. The summed E-state index contributed by atoms with van der Waals surface area (Å²) in [5, 5.41) is 9.88. The van der Waals surface area contributed by atoms with E-state index >= 15 is 0 Å². The highest BCUT2D eigenvalue weighted by molar-refractivity contribution is 7.08. The monoisotopic (exact) mass is 413 g/mol. The lowest BCUT2D eigenvalue weighted by atomic mass is 10.1. The summed E-state index contributed by atoms with van der Waals surface area (Å²) in [6.45, 7) is 0. The minimum atomic E-state index is -4.41. The largest absolute Gasteiger partial charge is 0.416 e. The van der Waals surface area contributed by atoms with Crippen LogP contribution in [-0.2, 0) is 6.18 Å². The maximum absolute atomic E-state index is 12.9. The molecule has 0 unspecified atom stereocenters. The van der Waals surface area contributed by atoms with Crippen molar-refractivity contribution in [2.45, 2.75) is 6.18 Å². The molecule has 0 aliphatic rings. The van der Waals surface area contributed by atoms with E-state index in [-0.39, 0.29) is 11.6 Å². The number of pyridine rings is 1. The van der Waals surface area contributed by atoms with Crippen LogP contribution in [0.5, 0.6) is 0 Å². The van der Waals surface area contributed by atoms with Crippen LogP contribution in [0.25, 0.3) is 11.1 Å². The van der Waals surface area contributed by atoms with Crippen LogP contribution in [0.4, 0.5) is 36.4 Å². The van der Waals surface area contributed by atoms with Gasteiger partial charge in [0.2, 0.25) is 5.95 Å². The first-order valence-corrected chi connectivity index (χ1v) is 9.45. The summed E-state index contributed by atoms with van der Waals surface area (Å²) in [5.74, 6) is 1.19. The first kappa shape index (κ1) is 18.9. The fraction of sp³-hybridized carbons (Fsp3) is 0.0500. The van der Waals surface area contributed by atoms with Crippen molar-refractivity contribution in [3.05, 3.63) is 77.2 Å². The van der Waals surface area contributed by atoms with E-state index in [4.69, 9.17) is 0 Å². The van der Waals surface area contributed by atoms with Gasteiger partial charge in [-0.25, -0.2) is 9.97 Å². The topological polar surface area (TPSA) is 62.7 Å². The molecule has 4 rings (SSSR count). The van der Waals surface area contributed by atoms with E-state index in [1.807, 2.05) is 29.0 Å². The minimum Gasteiger partial charge on any atom is -0.340 e. The Kier molecular flexibility index (Phi) is 5.13. The molecule has 0 radical (unpaired) electrons. The molecule has 0 saturated carbocycles. The number of hydrogen-bond donors (Lipinski definition) is 2. The van der Waals surface area contributed by atoms with Crippen LogP contribution >= 0.6 is 11.3 Å². The van der Waals surface area contributed by atoms with Crippen LogP contribution in [0.15, 0.2) is 71.7 Å². The normalized spacial score (nSPS) is 11.3. The van der Waals surface area contributed by atoms with Crippen molar-refractivity contribution < 1.29 is 13.2 Å². The van der Waals surface area contributed by atoms with Crippen LogP contribution in [0, 0.1) is 0 Å². The molecule has 2 N–H and O–H groups in total. The van der Waals surface area contributed by atoms with Crippen molar-refractivity contribution in [1.29, 1.82) is 0 Å². The molecule has 0 fully saturated rings. The Bertz CT molecular complexity index is 1100. The molecular weight excluding hydrogens is 399 g/mol. The number of benzene rings is 1. The van der Waals surface area contributed by atoms with Gasteiger partial charge in [0.25, 0.3) is 0 Å². The van der Waals surface area contributed by atoms with Crippen molar-refractivity contribution in [2.24, 2.45) is 0 Å². The van der Waals surface area contributed by atoms with Gasteiger partial charge in [0, 0.05) is 23.6 Å². The van der Waals surface area contributed by atoms with E-state index in [0.29, 0.717) is 11.6 Å². The van der Waals surface area contributed by atoms with Gasteiger partial charge in [0.05, 0.1) is 5.56 Å². The average molecular weight is 413 g/mol. The van der Waals surface area contributed by atoms with Crippen LogP contribution < -0.4 is 10.6 Å². The van der Waals surface area contributed by atoms with Crippen LogP contribution in [0.3, 0.4) is 0 Å². The zero-order valence-corrected chi connectivity index (χ0v) is 15.6. The summed E-state index contributed by atoms with van der Waals surface area (Å²) >= 11 is 1.61. The van der Waals surface area contributed by atoms with E-state index in [9.17, 15) is 13.2 Å². The smallest absolute Gasteiger partial charge is 0.340 e. The number of thiophene rings is 1. The van der Waals surface area contributed by atoms with E-state index in [2.05, 4.69) is 25.6 Å². The van der Waals surface area contributed by atoms with Crippen molar-refractivity contribution >= 4 is 34.6 Å². The summed E-state index contributed by atoms with van der Waals surface area (Å²) < 4.78 is 38.6. The van der Waals surface area contributed by atoms with E-state index in [0.717, 1.165) is 23.3 Å². The highest BCUT2D eigenvalue weighted by Gasteiger charge is 2.30. The lowest BCUT2D eigenvalue weighted by Gasteiger charge is -2.11. The third-order valence-electron chi connectivity index (χ3n) is 3.98. The van der Waals surface area contributed by atoms with Crippen molar-refractivity contribution in [3.8, 4) is 11.1 Å². The van der Waals surface area contributed by atoms with Crippen LogP contribution in [0.1, 0.15) is 5.56 Å². The molecule has 0 aliphatic heterocycles. The number of rotatable bonds is 5. The Morgan fingerprint density at radius 2 is 1.76 bits per heavy atom. The number of anilines is 4. The summed E-state index contributed by atoms with van der Waals surface area (Å²) in [7, 11) is 0. The van der Waals surface area contributed by atoms with Crippen LogP contribution in [-0.4, -0.2) is 15.0 Å². The Hall–Kier alpha value is -3.46. The standard InChI is InChI=1S/C20H14F3N5S/c21-20(22,23)15-2-1-3-16(10-15)26-18-6-8-24-19(28-18)27-17-5-4-13(11-25-17)14-7-9-29-12-14/h1-12H,(H2,24,25,26,27,28). The molecule has 0 atom stereocenters. The maximum atomic E-state index is 12.9. The first-order valence-electron chi connectivity index (χ1n) is 8.50. The zero-order valence-electron chi connectivity index (χ0n) is 14.8. The molecule has 0 amide bonds. The predicted molar refractivity (Wildman–Crippen MR) is 108 cm³/mol. The van der Waals surface area contributed by atoms with Gasteiger partial charge >= 0.3 is 6.18 Å². The molecule has 4 aromatic rings. The van der Waals surface area contributed by atoms with Gasteiger partial charge in [-0.1, -0.05) is 6.07 Å². The molecule has 29 heavy (non-hydrogen) atoms. The highest BCUT2D eigenvalue weighted by atomic mass is 32.1. The lowest BCUT2D eigenvalue weighted by molar-refractivity contribution is -0.137. The van der Waals surface area contributed by atoms with Gasteiger partial charge in [-0.05, 0) is 58.8 Å². The molecule has 3 aromatic heterocycles. The molecule has 0 saturated heterocycles. The fourth-order valence-electron chi connectivity index (χ4n) is 2.59. The Morgan fingerprint density at radius 3 is 2.48 bits per heavy atom. The molecule has 3 heterocycles. The minimum absolute atomic E-state index is 0.276. The first-order chi connectivity index (χ1) is 14.0. The van der Waals surface area contributed by atoms with Crippen molar-refractivity contribution in [3.63, 3.8) is 0 Å². The quantitative estimate of drug-likeness (QED) is 0.414. The molecule has 9 heteroatoms. The molecule has 1 aromatic carbocycles. The van der Waals surface area contributed by atoms with Gasteiger partial charge in [0.15, 0.2) is 0 Å². The molecule has 0 aliphatic carbocycles. The lowest BCUT2D eigenvalue weighted by Crippen LogP contribution is -2.06. The number of halogens is 3. The second-order valence-electron chi connectivity index (χ2n) is 6.04. The molecule has 5 nitrogen and oxygen atoms in total. The third kappa shape index (κ3) is 4.69. The summed E-state index contributed by atoms with van der Waals surface area (Å²) in [6, 6.07) is 12.2. The summed E-state index contributed by atoms with van der Waals surface area (Å²) in [5.41, 5.74) is 1.64. The van der Waals surface area contributed by atoms with Gasteiger partial charge in [-0.2, -0.15) is 29.5 Å². The number of nitrogens with one attached hydrogen (secondary N) is 2. The molecule has 146 valence electrons. The number of nitrogens with zero attached hydrogens (tertiary/aromatic N) is 3. The van der Waals surface area contributed by atoms with Crippen LogP contribution in [0.2, 0.25) is 0 Å². The number of aromatic nitrogens is 3. The second-order valence-corrected chi connectivity index (χ2v) is 6.82. The van der Waals surface area contributed by atoms with E-state index < -0.39 is 11.7 Å². The molecular formula is C20H14F3N5S. The SMILES string of the molecule is FC(F)(F)c1cccc(Nc2ccnc(Nc3ccc(-c4ccsc4)cn3)n2)c1. The maximum Gasteiger partial charge on any atom is 0.416 e. The van der Waals surface area contributed by atoms with Gasteiger partial charge in [-0.15, -0.1) is 0 Å². The van der Waals surface area contributed by atoms with Gasteiger partial charge < -0.3 is 10.6 Å². The Balaban J connectivity index is 1.48. The van der Waals surface area contributed by atoms with Gasteiger partial charge in [-0.3, -0.25) is 0 Å². The highest BCUT2D eigenvalue weighted by Crippen LogP contribution is 2.31. The summed E-state index contributed by atoms with van der Waals surface area (Å²) in [4.78, 5) is 12.7. The zero-order chi connectivity index (χ0) is 20.3. The number of alkyl halides is 3. The van der Waals surface area contributed by atoms with Crippen molar-refractivity contribution in [2.75, 3.05) is 10.6 Å². The van der Waals surface area contributed by atoms with E-state index in [1.165, 1.54) is 18.3 Å². The fourth-order valence-corrected chi connectivity index (χ4v) is 3.26. The predicted octanol–water partition coefficient (Wildman–Crippen LogP) is 6.11. The Labute approximate surface area is 168 Å². The third-order valence-corrected chi connectivity index (χ3v) is 4.66. The second kappa shape index (κ2) is 7.88. The number of hydrogen-bond acceptors (Lipinski definition) is 6. The van der Waals surface area contributed by atoms with E-state index in [1.54, 1.807) is 23.6 Å². The van der Waals surface area contributed by atoms with Crippen molar-refractivity contribution in [1.82, 2.24) is 15.0 Å². The molecule has 0 bridgehead atoms. The Morgan fingerprint density at radius 1 is 0.862 bits per heavy atom. The van der Waals surface area contributed by atoms with Gasteiger partial charge in [0.1, 0.15) is 11.6 Å². The summed E-state index contributed by atoms with van der Waals surface area (Å²) in [6.07, 6.45) is -1.16.